The molecule has 0 radical (unpaired) electrons. The predicted octanol–water partition coefficient (Wildman–Crippen LogP) is 2.66. The van der Waals surface area contributed by atoms with E-state index in [9.17, 15) is 9.50 Å². The van der Waals surface area contributed by atoms with Crippen LogP contribution in [0, 0.1) is 22.6 Å². The molecule has 7 nitrogen and oxygen atoms in total. The van der Waals surface area contributed by atoms with Crippen molar-refractivity contribution in [2.45, 2.75) is 58.8 Å². The average Bonchev–Trinajstić information content (AvgIpc) is 3.01. The van der Waals surface area contributed by atoms with Gasteiger partial charge in [0.25, 0.3) is 0 Å². The van der Waals surface area contributed by atoms with Crippen molar-refractivity contribution >= 4 is 11.9 Å². The Balaban J connectivity index is 0.000000469. The van der Waals surface area contributed by atoms with Gasteiger partial charge in [-0.2, -0.15) is 0 Å². The highest BCUT2D eigenvalue weighted by molar-refractivity contribution is 6.27. The molecular formula is C22H32FNO6. The molecule has 0 saturated heterocycles. The molecule has 0 amide bonds. The van der Waals surface area contributed by atoms with Crippen LogP contribution in [0.5, 0.6) is 0 Å². The minimum Gasteiger partial charge on any atom is -0.473 e. The number of fused-ring (bicyclic) bond motifs is 2. The van der Waals surface area contributed by atoms with Gasteiger partial charge in [0.15, 0.2) is 0 Å². The van der Waals surface area contributed by atoms with Crippen LogP contribution >= 0.6 is 0 Å². The number of nitrogens with one attached hydrogen (secondary N) is 1. The maximum atomic E-state index is 13.5. The quantitative estimate of drug-likeness (QED) is 0.496. The molecule has 4 unspecified atom stereocenters. The van der Waals surface area contributed by atoms with Gasteiger partial charge in [0.1, 0.15) is 5.82 Å². The molecule has 4 N–H and O–H groups in total. The SMILES string of the molecule is CC1(C)C2CCC1(C)C(NCC(O)COCc1ccccc1F)C2.O=C(O)C(=O)O. The Hall–Kier alpha value is -2.03. The van der Waals surface area contributed by atoms with E-state index in [1.54, 1.807) is 18.2 Å². The van der Waals surface area contributed by atoms with E-state index in [-0.39, 0.29) is 19.0 Å². The summed E-state index contributed by atoms with van der Waals surface area (Å²) in [5.74, 6) is -3.12. The van der Waals surface area contributed by atoms with Crippen LogP contribution in [-0.4, -0.2) is 52.6 Å². The maximum absolute atomic E-state index is 13.5. The molecular weight excluding hydrogens is 393 g/mol. The van der Waals surface area contributed by atoms with Crippen LogP contribution in [0.2, 0.25) is 0 Å². The number of halogens is 1. The van der Waals surface area contributed by atoms with E-state index in [4.69, 9.17) is 24.5 Å². The van der Waals surface area contributed by atoms with E-state index in [0.29, 0.717) is 29.0 Å². The average molecular weight is 425 g/mol. The number of hydrogen-bond donors (Lipinski definition) is 4. The second-order valence-corrected chi connectivity index (χ2v) is 8.94. The van der Waals surface area contributed by atoms with Gasteiger partial charge in [-0.05, 0) is 42.1 Å². The first-order chi connectivity index (χ1) is 14.0. The summed E-state index contributed by atoms with van der Waals surface area (Å²) in [4.78, 5) is 18.2. The van der Waals surface area contributed by atoms with Crippen molar-refractivity contribution in [3.8, 4) is 0 Å². The number of benzene rings is 1. The number of rotatable bonds is 7. The van der Waals surface area contributed by atoms with Crippen LogP contribution in [-0.2, 0) is 20.9 Å². The summed E-state index contributed by atoms with van der Waals surface area (Å²) in [6, 6.07) is 7.05. The summed E-state index contributed by atoms with van der Waals surface area (Å²) >= 11 is 0. The summed E-state index contributed by atoms with van der Waals surface area (Å²) in [5.41, 5.74) is 1.21. The lowest BCUT2D eigenvalue weighted by Gasteiger charge is -2.40. The van der Waals surface area contributed by atoms with E-state index >= 15 is 0 Å². The second-order valence-electron chi connectivity index (χ2n) is 8.94. The number of aliphatic carboxylic acids is 2. The lowest BCUT2D eigenvalue weighted by Crippen LogP contribution is -2.47. The van der Waals surface area contributed by atoms with Gasteiger partial charge in [-0.1, -0.05) is 39.0 Å². The fourth-order valence-corrected chi connectivity index (χ4v) is 4.77. The summed E-state index contributed by atoms with van der Waals surface area (Å²) in [7, 11) is 0. The highest BCUT2D eigenvalue weighted by Crippen LogP contribution is 2.65. The fraction of sp³-hybridized carbons (Fsp3) is 0.636. The number of aliphatic hydroxyl groups excluding tert-OH is 1. The molecule has 0 aliphatic heterocycles. The summed E-state index contributed by atoms with van der Waals surface area (Å²) in [6.07, 6.45) is 3.23. The predicted molar refractivity (Wildman–Crippen MR) is 108 cm³/mol. The first-order valence-corrected chi connectivity index (χ1v) is 10.2. The van der Waals surface area contributed by atoms with Crippen LogP contribution in [0.1, 0.15) is 45.6 Å². The zero-order chi connectivity index (χ0) is 22.5. The topological polar surface area (TPSA) is 116 Å². The van der Waals surface area contributed by atoms with Crippen molar-refractivity contribution in [3.05, 3.63) is 35.6 Å². The Bertz CT molecular complexity index is 743. The molecule has 30 heavy (non-hydrogen) atoms. The van der Waals surface area contributed by atoms with Gasteiger partial charge < -0.3 is 25.4 Å². The fourth-order valence-electron chi connectivity index (χ4n) is 4.77. The smallest absolute Gasteiger partial charge is 0.414 e. The zero-order valence-electron chi connectivity index (χ0n) is 17.7. The van der Waals surface area contributed by atoms with Crippen LogP contribution in [0.4, 0.5) is 4.39 Å². The summed E-state index contributed by atoms with van der Waals surface area (Å²) in [5, 5.41) is 28.5. The Morgan fingerprint density at radius 1 is 1.23 bits per heavy atom. The molecule has 2 fully saturated rings. The van der Waals surface area contributed by atoms with Gasteiger partial charge in [0.2, 0.25) is 0 Å². The maximum Gasteiger partial charge on any atom is 0.414 e. The monoisotopic (exact) mass is 425 g/mol. The highest BCUT2D eigenvalue weighted by atomic mass is 19.1. The molecule has 2 saturated carbocycles. The molecule has 1 aromatic rings. The summed E-state index contributed by atoms with van der Waals surface area (Å²) < 4.78 is 19.0. The third-order valence-corrected chi connectivity index (χ3v) is 7.10. The number of carboxylic acids is 2. The van der Waals surface area contributed by atoms with Crippen LogP contribution in [0.25, 0.3) is 0 Å². The van der Waals surface area contributed by atoms with Gasteiger partial charge in [-0.25, -0.2) is 14.0 Å². The molecule has 0 aromatic heterocycles. The Labute approximate surface area is 176 Å². The number of hydrogen-bond acceptors (Lipinski definition) is 5. The number of ether oxygens (including phenoxy) is 1. The second kappa shape index (κ2) is 9.85. The third kappa shape index (κ3) is 5.36. The van der Waals surface area contributed by atoms with Gasteiger partial charge in [0.05, 0.1) is 19.3 Å². The normalized spacial score (nSPS) is 27.2. The van der Waals surface area contributed by atoms with E-state index < -0.39 is 18.0 Å². The van der Waals surface area contributed by atoms with Gasteiger partial charge in [-0.15, -0.1) is 0 Å². The van der Waals surface area contributed by atoms with Crippen molar-refractivity contribution in [1.29, 1.82) is 0 Å². The highest BCUT2D eigenvalue weighted by Gasteiger charge is 2.60. The van der Waals surface area contributed by atoms with E-state index in [1.165, 1.54) is 25.3 Å². The molecule has 3 rings (SSSR count). The van der Waals surface area contributed by atoms with Crippen molar-refractivity contribution in [1.82, 2.24) is 5.32 Å². The molecule has 1 aromatic carbocycles. The Kier molecular flexibility index (Phi) is 7.96. The molecule has 2 bridgehead atoms. The largest absolute Gasteiger partial charge is 0.473 e. The van der Waals surface area contributed by atoms with E-state index in [2.05, 4.69) is 26.1 Å². The number of carbonyl (C=O) groups is 2. The first kappa shape index (κ1) is 24.2. The van der Waals surface area contributed by atoms with Crippen molar-refractivity contribution in [2.75, 3.05) is 13.2 Å². The van der Waals surface area contributed by atoms with Crippen LogP contribution in [0.15, 0.2) is 24.3 Å². The van der Waals surface area contributed by atoms with Crippen LogP contribution in [0.3, 0.4) is 0 Å². The minimum absolute atomic E-state index is 0.194. The lowest BCUT2D eigenvalue weighted by atomic mass is 9.69. The van der Waals surface area contributed by atoms with Crippen molar-refractivity contribution in [2.24, 2.45) is 16.7 Å². The van der Waals surface area contributed by atoms with Crippen LogP contribution < -0.4 is 5.32 Å². The molecule has 0 spiro atoms. The lowest BCUT2D eigenvalue weighted by molar-refractivity contribution is -0.159. The number of carboxylic acid groups (broad SMARTS) is 2. The molecule has 0 heterocycles. The Morgan fingerprint density at radius 2 is 1.87 bits per heavy atom. The van der Waals surface area contributed by atoms with Gasteiger partial charge >= 0.3 is 11.9 Å². The Morgan fingerprint density at radius 3 is 2.37 bits per heavy atom. The molecule has 8 heteroatoms. The van der Waals surface area contributed by atoms with E-state index in [0.717, 1.165) is 5.92 Å². The van der Waals surface area contributed by atoms with E-state index in [1.807, 2.05) is 0 Å². The molecule has 168 valence electrons. The van der Waals surface area contributed by atoms with Gasteiger partial charge in [0, 0.05) is 18.2 Å². The molecule has 2 aliphatic rings. The zero-order valence-corrected chi connectivity index (χ0v) is 17.7. The number of aliphatic hydroxyl groups is 1. The molecule has 2 aliphatic carbocycles. The summed E-state index contributed by atoms with van der Waals surface area (Å²) in [6.45, 7) is 8.11. The third-order valence-electron chi connectivity index (χ3n) is 7.10. The minimum atomic E-state index is -1.82. The van der Waals surface area contributed by atoms with Crippen molar-refractivity contribution < 1.29 is 34.0 Å². The van der Waals surface area contributed by atoms with Crippen molar-refractivity contribution in [3.63, 3.8) is 0 Å². The van der Waals surface area contributed by atoms with Gasteiger partial charge in [-0.3, -0.25) is 0 Å². The standard InChI is InChI=1S/C20H30FNO2.C2H2O4/c1-19(2)15-8-9-20(19,3)18(10-15)22-11-16(23)13-24-12-14-6-4-5-7-17(14)21;3-1(4)2(5)6/h4-7,15-16,18,22-23H,8-13H2,1-3H3;(H,3,4)(H,5,6). The first-order valence-electron chi connectivity index (χ1n) is 10.2. The molecule has 4 atom stereocenters.